The van der Waals surface area contributed by atoms with Crippen molar-refractivity contribution in [3.63, 3.8) is 0 Å². The van der Waals surface area contributed by atoms with E-state index in [-0.39, 0.29) is 5.91 Å². The van der Waals surface area contributed by atoms with Gasteiger partial charge in [0.05, 0.1) is 19.3 Å². The summed E-state index contributed by atoms with van der Waals surface area (Å²) in [6, 6.07) is 5.63. The number of carbonyl (C=O) groups is 1. The lowest BCUT2D eigenvalue weighted by atomic mass is 10.1. The molecule has 2 aromatic rings. The topological polar surface area (TPSA) is 85.8 Å². The largest absolute Gasteiger partial charge is 0.326 e. The van der Waals surface area contributed by atoms with E-state index in [2.05, 4.69) is 27.5 Å². The van der Waals surface area contributed by atoms with Crippen molar-refractivity contribution in [2.24, 2.45) is 5.73 Å². The fourth-order valence-corrected chi connectivity index (χ4v) is 1.77. The molecule has 6 heteroatoms. The van der Waals surface area contributed by atoms with Crippen molar-refractivity contribution in [1.29, 1.82) is 0 Å². The maximum Gasteiger partial charge on any atom is 0.226 e. The number of amides is 1. The van der Waals surface area contributed by atoms with E-state index in [9.17, 15) is 4.79 Å². The summed E-state index contributed by atoms with van der Waals surface area (Å²) in [7, 11) is 0. The smallest absolute Gasteiger partial charge is 0.226 e. The third kappa shape index (κ3) is 4.44. The highest BCUT2D eigenvalue weighted by molar-refractivity contribution is 5.90. The minimum Gasteiger partial charge on any atom is -0.326 e. The molecule has 0 saturated carbocycles. The van der Waals surface area contributed by atoms with Gasteiger partial charge in [-0.15, -0.1) is 5.10 Å². The van der Waals surface area contributed by atoms with E-state index >= 15 is 0 Å². The predicted octanol–water partition coefficient (Wildman–Crippen LogP) is 0.926. The van der Waals surface area contributed by atoms with Gasteiger partial charge in [0.1, 0.15) is 0 Å². The molecule has 0 aliphatic carbocycles. The summed E-state index contributed by atoms with van der Waals surface area (Å²) < 4.78 is 1.62. The zero-order valence-electron chi connectivity index (χ0n) is 11.8. The van der Waals surface area contributed by atoms with E-state index in [1.165, 1.54) is 0 Å². The van der Waals surface area contributed by atoms with Gasteiger partial charge in [-0.2, -0.15) is 0 Å². The van der Waals surface area contributed by atoms with Crippen LogP contribution in [0.5, 0.6) is 0 Å². The van der Waals surface area contributed by atoms with Gasteiger partial charge in [-0.25, -0.2) is 0 Å². The molecular formula is C15H17N5O. The summed E-state index contributed by atoms with van der Waals surface area (Å²) in [5.41, 5.74) is 8.02. The fraction of sp³-hybridized carbons (Fsp3) is 0.267. The highest BCUT2D eigenvalue weighted by Crippen LogP contribution is 2.14. The van der Waals surface area contributed by atoms with Crippen LogP contribution in [0.1, 0.15) is 17.5 Å². The van der Waals surface area contributed by atoms with Gasteiger partial charge in [-0.1, -0.05) is 23.1 Å². The fourth-order valence-electron chi connectivity index (χ4n) is 1.77. The summed E-state index contributed by atoms with van der Waals surface area (Å²) in [4.78, 5) is 11.9. The summed E-state index contributed by atoms with van der Waals surface area (Å²) in [5.74, 6) is 5.73. The third-order valence-corrected chi connectivity index (χ3v) is 2.89. The molecule has 1 heterocycles. The number of hydrogen-bond acceptors (Lipinski definition) is 4. The first-order chi connectivity index (χ1) is 10.2. The molecule has 0 aliphatic heterocycles. The third-order valence-electron chi connectivity index (χ3n) is 2.89. The normalized spacial score (nSPS) is 9.81. The van der Waals surface area contributed by atoms with E-state index in [4.69, 9.17) is 5.73 Å². The molecule has 0 radical (unpaired) electrons. The molecule has 108 valence electrons. The lowest BCUT2D eigenvalue weighted by Crippen LogP contribution is -2.15. The number of benzene rings is 1. The number of nitrogens with one attached hydrogen (secondary N) is 1. The Balaban J connectivity index is 1.97. The number of nitrogens with two attached hydrogens (primary N) is 1. The number of rotatable bonds is 4. The van der Waals surface area contributed by atoms with Crippen LogP contribution in [0.4, 0.5) is 5.69 Å². The molecule has 0 spiro atoms. The Kier molecular flexibility index (Phi) is 5.07. The van der Waals surface area contributed by atoms with Gasteiger partial charge in [-0.3, -0.25) is 9.48 Å². The van der Waals surface area contributed by atoms with Crippen LogP contribution >= 0.6 is 0 Å². The monoisotopic (exact) mass is 283 g/mol. The van der Waals surface area contributed by atoms with Crippen molar-refractivity contribution in [3.05, 3.63) is 41.7 Å². The molecule has 0 unspecified atom stereocenters. The molecule has 2 rings (SSSR count). The van der Waals surface area contributed by atoms with Gasteiger partial charge < -0.3 is 11.1 Å². The lowest BCUT2D eigenvalue weighted by Gasteiger charge is -2.07. The second-order valence-electron chi connectivity index (χ2n) is 4.50. The van der Waals surface area contributed by atoms with E-state index in [0.29, 0.717) is 19.5 Å². The Hall–Kier alpha value is -2.65. The van der Waals surface area contributed by atoms with Gasteiger partial charge in [-0.05, 0) is 24.6 Å². The molecule has 0 bridgehead atoms. The number of aryl methyl sites for hydroxylation is 2. The van der Waals surface area contributed by atoms with Crippen LogP contribution in [-0.2, 0) is 11.3 Å². The van der Waals surface area contributed by atoms with Crippen LogP contribution in [0.3, 0.4) is 0 Å². The van der Waals surface area contributed by atoms with Crippen LogP contribution in [0.2, 0.25) is 0 Å². The molecule has 0 saturated heterocycles. The Labute approximate surface area is 123 Å². The lowest BCUT2D eigenvalue weighted by molar-refractivity contribution is -0.116. The Morgan fingerprint density at radius 3 is 3.05 bits per heavy atom. The van der Waals surface area contributed by atoms with Crippen LogP contribution in [-0.4, -0.2) is 27.4 Å². The van der Waals surface area contributed by atoms with Crippen LogP contribution in [0.15, 0.2) is 30.6 Å². The SMILES string of the molecule is Cc1ccc(NC(=O)CCn2ccnn2)cc1C#CCN. The van der Waals surface area contributed by atoms with Gasteiger partial charge in [0.2, 0.25) is 5.91 Å². The molecule has 0 fully saturated rings. The average Bonchev–Trinajstić information content (AvgIpc) is 2.99. The highest BCUT2D eigenvalue weighted by Gasteiger charge is 2.05. The Morgan fingerprint density at radius 2 is 2.33 bits per heavy atom. The summed E-state index contributed by atoms with van der Waals surface area (Å²) >= 11 is 0. The van der Waals surface area contributed by atoms with Crippen LogP contribution in [0.25, 0.3) is 0 Å². The van der Waals surface area contributed by atoms with Gasteiger partial charge in [0.15, 0.2) is 0 Å². The van der Waals surface area contributed by atoms with Crippen molar-refractivity contribution < 1.29 is 4.79 Å². The minimum atomic E-state index is -0.0768. The quantitative estimate of drug-likeness (QED) is 0.817. The predicted molar refractivity (Wildman–Crippen MR) is 80.4 cm³/mol. The minimum absolute atomic E-state index is 0.0768. The summed E-state index contributed by atoms with van der Waals surface area (Å²) in [5, 5.41) is 10.3. The van der Waals surface area contributed by atoms with Crippen molar-refractivity contribution in [2.75, 3.05) is 11.9 Å². The number of carbonyl (C=O) groups excluding carboxylic acids is 1. The zero-order chi connectivity index (χ0) is 15.1. The highest BCUT2D eigenvalue weighted by atomic mass is 16.1. The second kappa shape index (κ2) is 7.22. The van der Waals surface area contributed by atoms with Crippen molar-refractivity contribution in [1.82, 2.24) is 15.0 Å². The summed E-state index contributed by atoms with van der Waals surface area (Å²) in [6.07, 6.45) is 3.64. The number of nitrogens with zero attached hydrogens (tertiary/aromatic N) is 3. The summed E-state index contributed by atoms with van der Waals surface area (Å²) in [6.45, 7) is 2.78. The van der Waals surface area contributed by atoms with Crippen molar-refractivity contribution >= 4 is 11.6 Å². The molecule has 0 atom stereocenters. The molecule has 1 amide bonds. The van der Waals surface area contributed by atoms with E-state index in [1.807, 2.05) is 25.1 Å². The standard InChI is InChI=1S/C15H17N5O/c1-12-4-5-14(11-13(12)3-2-7-16)18-15(21)6-9-20-10-8-17-19-20/h4-5,8,10-11H,6-7,9,16H2,1H3,(H,18,21). The van der Waals surface area contributed by atoms with Crippen molar-refractivity contribution in [3.8, 4) is 11.8 Å². The average molecular weight is 283 g/mol. The Morgan fingerprint density at radius 1 is 1.48 bits per heavy atom. The number of hydrogen-bond donors (Lipinski definition) is 2. The number of anilines is 1. The maximum absolute atomic E-state index is 11.9. The second-order valence-corrected chi connectivity index (χ2v) is 4.50. The zero-order valence-corrected chi connectivity index (χ0v) is 11.8. The maximum atomic E-state index is 11.9. The van der Waals surface area contributed by atoms with Gasteiger partial charge >= 0.3 is 0 Å². The van der Waals surface area contributed by atoms with Gasteiger partial charge in [0, 0.05) is 23.9 Å². The van der Waals surface area contributed by atoms with E-state index < -0.39 is 0 Å². The van der Waals surface area contributed by atoms with Crippen LogP contribution in [0, 0.1) is 18.8 Å². The van der Waals surface area contributed by atoms with E-state index in [1.54, 1.807) is 17.1 Å². The van der Waals surface area contributed by atoms with Crippen molar-refractivity contribution in [2.45, 2.75) is 19.9 Å². The molecule has 3 N–H and O–H groups in total. The van der Waals surface area contributed by atoms with Gasteiger partial charge in [0.25, 0.3) is 0 Å². The molecule has 1 aromatic carbocycles. The first-order valence-electron chi connectivity index (χ1n) is 6.62. The first-order valence-corrected chi connectivity index (χ1v) is 6.62. The Bertz CT molecular complexity index is 667. The number of aromatic nitrogens is 3. The first kappa shape index (κ1) is 14.8. The van der Waals surface area contributed by atoms with Crippen LogP contribution < -0.4 is 11.1 Å². The molecule has 6 nitrogen and oxygen atoms in total. The molecule has 21 heavy (non-hydrogen) atoms. The van der Waals surface area contributed by atoms with E-state index in [0.717, 1.165) is 16.8 Å². The molecule has 0 aliphatic rings. The molecule has 1 aromatic heterocycles. The molecular weight excluding hydrogens is 266 g/mol.